The molecule has 0 bridgehead atoms. The first-order chi connectivity index (χ1) is 12.4. The molecule has 0 aliphatic carbocycles. The quantitative estimate of drug-likeness (QED) is 0.719. The fourth-order valence-corrected chi connectivity index (χ4v) is 3.45. The van der Waals surface area contributed by atoms with Crippen molar-refractivity contribution in [3.63, 3.8) is 0 Å². The van der Waals surface area contributed by atoms with E-state index >= 15 is 0 Å². The van der Waals surface area contributed by atoms with Crippen molar-refractivity contribution in [1.82, 2.24) is 15.0 Å². The van der Waals surface area contributed by atoms with Crippen LogP contribution in [0.4, 0.5) is 11.8 Å². The van der Waals surface area contributed by atoms with Crippen molar-refractivity contribution in [2.45, 2.75) is 11.8 Å². The van der Waals surface area contributed by atoms with E-state index in [1.54, 1.807) is 6.92 Å². The average Bonchev–Trinajstić information content (AvgIpc) is 3.12. The number of methoxy groups -OCH3 is 1. The van der Waals surface area contributed by atoms with Crippen LogP contribution in [0.15, 0.2) is 23.2 Å². The molecule has 0 spiro atoms. The second-order valence-corrected chi connectivity index (χ2v) is 7.32. The monoisotopic (exact) mass is 381 g/mol. The van der Waals surface area contributed by atoms with Gasteiger partial charge in [0.05, 0.1) is 20.3 Å². The van der Waals surface area contributed by atoms with Gasteiger partial charge in [0, 0.05) is 31.0 Å². The Kier molecular flexibility index (Phi) is 5.09. The summed E-state index contributed by atoms with van der Waals surface area (Å²) in [6.07, 6.45) is 1.21. The molecule has 11 heteroatoms. The Morgan fingerprint density at radius 2 is 2.04 bits per heavy atom. The molecule has 1 aliphatic heterocycles. The second kappa shape index (κ2) is 7.30. The number of esters is 1. The fourth-order valence-electron chi connectivity index (χ4n) is 2.46. The van der Waals surface area contributed by atoms with Crippen LogP contribution in [0.1, 0.15) is 16.2 Å². The highest BCUT2D eigenvalue weighted by Gasteiger charge is 2.21. The number of H-pyrrole nitrogens is 1. The van der Waals surface area contributed by atoms with Crippen LogP contribution in [-0.2, 0) is 19.5 Å². The molecule has 2 N–H and O–H groups in total. The largest absolute Gasteiger partial charge is 0.464 e. The second-order valence-electron chi connectivity index (χ2n) is 5.64. The Bertz CT molecular complexity index is 905. The number of rotatable bonds is 5. The number of ether oxygens (including phenoxy) is 2. The van der Waals surface area contributed by atoms with Crippen molar-refractivity contribution < 1.29 is 22.7 Å². The van der Waals surface area contributed by atoms with Gasteiger partial charge in [-0.3, -0.25) is 4.72 Å². The first kappa shape index (κ1) is 18.1. The van der Waals surface area contributed by atoms with Gasteiger partial charge in [-0.05, 0) is 13.0 Å². The minimum atomic E-state index is -3.92. The summed E-state index contributed by atoms with van der Waals surface area (Å²) in [4.78, 5) is 24.5. The van der Waals surface area contributed by atoms with Crippen molar-refractivity contribution in [1.29, 1.82) is 0 Å². The predicted molar refractivity (Wildman–Crippen MR) is 92.7 cm³/mol. The van der Waals surface area contributed by atoms with Gasteiger partial charge in [-0.1, -0.05) is 0 Å². The summed E-state index contributed by atoms with van der Waals surface area (Å²) in [5.41, 5.74) is 0.671. The number of carbonyl (C=O) groups excluding carboxylic acids is 1. The summed E-state index contributed by atoms with van der Waals surface area (Å²) in [5, 5.41) is 0. The Morgan fingerprint density at radius 1 is 1.31 bits per heavy atom. The maximum absolute atomic E-state index is 12.5. The van der Waals surface area contributed by atoms with Crippen molar-refractivity contribution >= 4 is 27.8 Å². The Morgan fingerprint density at radius 3 is 2.73 bits per heavy atom. The van der Waals surface area contributed by atoms with Crippen LogP contribution in [0.2, 0.25) is 0 Å². The highest BCUT2D eigenvalue weighted by Crippen LogP contribution is 2.19. The number of anilines is 2. The summed E-state index contributed by atoms with van der Waals surface area (Å²) >= 11 is 0. The molecule has 3 heterocycles. The molecule has 26 heavy (non-hydrogen) atoms. The van der Waals surface area contributed by atoms with Gasteiger partial charge < -0.3 is 19.4 Å². The lowest BCUT2D eigenvalue weighted by Gasteiger charge is -2.27. The molecule has 0 amide bonds. The van der Waals surface area contributed by atoms with E-state index in [1.807, 2.05) is 4.90 Å². The number of sulfonamides is 1. The summed E-state index contributed by atoms with van der Waals surface area (Å²) in [7, 11) is -2.71. The normalized spacial score (nSPS) is 14.9. The number of carbonyl (C=O) groups is 1. The zero-order chi connectivity index (χ0) is 18.7. The first-order valence-corrected chi connectivity index (χ1v) is 9.35. The van der Waals surface area contributed by atoms with E-state index < -0.39 is 16.0 Å². The van der Waals surface area contributed by atoms with Gasteiger partial charge >= 0.3 is 5.97 Å². The highest BCUT2D eigenvalue weighted by atomic mass is 32.2. The lowest BCUT2D eigenvalue weighted by atomic mass is 10.4. The van der Waals surface area contributed by atoms with Crippen LogP contribution in [0, 0.1) is 6.92 Å². The minimum Gasteiger partial charge on any atom is -0.464 e. The number of aryl methyl sites for hydroxylation is 1. The maximum Gasteiger partial charge on any atom is 0.354 e. The molecule has 2 aromatic heterocycles. The Balaban J connectivity index is 1.84. The average molecular weight is 381 g/mol. The summed E-state index contributed by atoms with van der Waals surface area (Å²) in [6, 6.07) is 2.74. The van der Waals surface area contributed by atoms with Gasteiger partial charge in [0.2, 0.25) is 5.95 Å². The molecule has 2 aromatic rings. The molecule has 0 radical (unpaired) electrons. The molecular weight excluding hydrogens is 362 g/mol. The summed E-state index contributed by atoms with van der Waals surface area (Å²) in [5.74, 6) is -0.0611. The van der Waals surface area contributed by atoms with Gasteiger partial charge in [-0.2, -0.15) is 4.98 Å². The van der Waals surface area contributed by atoms with Gasteiger partial charge in [-0.15, -0.1) is 0 Å². The third-order valence-corrected chi connectivity index (χ3v) is 5.08. The third kappa shape index (κ3) is 3.94. The lowest BCUT2D eigenvalue weighted by Crippen LogP contribution is -2.37. The fraction of sp³-hybridized carbons (Fsp3) is 0.400. The molecule has 0 saturated carbocycles. The number of hydrogen-bond donors (Lipinski definition) is 2. The standard InChI is InChI=1S/C15H19N5O5S/c1-10-7-13(18-15(17-10)20-3-5-25-6-4-20)19-26(22,23)11-8-12(16-9-11)14(21)24-2/h7-9,16H,3-6H2,1-2H3,(H,17,18,19). The molecule has 0 atom stereocenters. The van der Waals surface area contributed by atoms with Crippen LogP contribution in [0.5, 0.6) is 0 Å². The number of morpholine rings is 1. The molecule has 0 aromatic carbocycles. The van der Waals surface area contributed by atoms with Crippen molar-refractivity contribution in [2.75, 3.05) is 43.0 Å². The van der Waals surface area contributed by atoms with E-state index in [0.717, 1.165) is 0 Å². The number of nitrogens with zero attached hydrogens (tertiary/aromatic N) is 3. The Hall–Kier alpha value is -2.66. The zero-order valence-corrected chi connectivity index (χ0v) is 15.2. The number of nitrogens with one attached hydrogen (secondary N) is 2. The van der Waals surface area contributed by atoms with E-state index in [9.17, 15) is 13.2 Å². The number of aromatic nitrogens is 3. The summed E-state index contributed by atoms with van der Waals surface area (Å²) in [6.45, 7) is 4.16. The van der Waals surface area contributed by atoms with Crippen LogP contribution in [0.25, 0.3) is 0 Å². The molecule has 1 aliphatic rings. The van der Waals surface area contributed by atoms with Crippen LogP contribution in [0.3, 0.4) is 0 Å². The molecule has 10 nitrogen and oxygen atoms in total. The van der Waals surface area contributed by atoms with E-state index in [1.165, 1.54) is 25.4 Å². The van der Waals surface area contributed by atoms with E-state index in [0.29, 0.717) is 37.9 Å². The van der Waals surface area contributed by atoms with Crippen molar-refractivity contribution in [3.05, 3.63) is 29.7 Å². The van der Waals surface area contributed by atoms with E-state index in [2.05, 4.69) is 24.4 Å². The van der Waals surface area contributed by atoms with E-state index in [4.69, 9.17) is 4.74 Å². The van der Waals surface area contributed by atoms with Gasteiger partial charge in [0.15, 0.2) is 0 Å². The smallest absolute Gasteiger partial charge is 0.354 e. The molecule has 140 valence electrons. The molecule has 1 saturated heterocycles. The van der Waals surface area contributed by atoms with E-state index in [-0.39, 0.29) is 16.4 Å². The zero-order valence-electron chi connectivity index (χ0n) is 14.4. The molecule has 0 unspecified atom stereocenters. The highest BCUT2D eigenvalue weighted by molar-refractivity contribution is 7.92. The Labute approximate surface area is 150 Å². The van der Waals surface area contributed by atoms with Crippen LogP contribution < -0.4 is 9.62 Å². The number of hydrogen-bond acceptors (Lipinski definition) is 8. The molecular formula is C15H19N5O5S. The van der Waals surface area contributed by atoms with Gasteiger partial charge in [0.1, 0.15) is 16.4 Å². The minimum absolute atomic E-state index is 0.0424. The van der Waals surface area contributed by atoms with Gasteiger partial charge in [0.25, 0.3) is 10.0 Å². The summed E-state index contributed by atoms with van der Waals surface area (Å²) < 4.78 is 37.4. The topological polar surface area (TPSA) is 127 Å². The molecule has 3 rings (SSSR count). The molecule has 1 fully saturated rings. The third-order valence-electron chi connectivity index (χ3n) is 3.75. The SMILES string of the molecule is COC(=O)c1cc(S(=O)(=O)Nc2cc(C)nc(N3CCOCC3)n2)c[nH]1. The van der Waals surface area contributed by atoms with Gasteiger partial charge in [-0.25, -0.2) is 18.2 Å². The van der Waals surface area contributed by atoms with Crippen LogP contribution in [-0.4, -0.2) is 62.8 Å². The van der Waals surface area contributed by atoms with Crippen molar-refractivity contribution in [2.24, 2.45) is 0 Å². The number of aromatic amines is 1. The maximum atomic E-state index is 12.5. The lowest BCUT2D eigenvalue weighted by molar-refractivity contribution is 0.0594. The van der Waals surface area contributed by atoms with Crippen LogP contribution >= 0.6 is 0 Å². The predicted octanol–water partition coefficient (Wildman–Crippen LogP) is 0.537. The van der Waals surface area contributed by atoms with Crippen molar-refractivity contribution in [3.8, 4) is 0 Å². The first-order valence-electron chi connectivity index (χ1n) is 7.87.